The first kappa shape index (κ1) is 7.35. The SMILES string of the molecule is ClCC12C=CC=CC1OCO2. The zero-order chi connectivity index (χ0) is 7.73. The van der Waals surface area contributed by atoms with E-state index in [2.05, 4.69) is 0 Å². The molecule has 2 nitrogen and oxygen atoms in total. The molecular weight excluding hydrogens is 164 g/mol. The Morgan fingerprint density at radius 2 is 2.45 bits per heavy atom. The highest BCUT2D eigenvalue weighted by molar-refractivity contribution is 6.18. The number of hydrogen-bond donors (Lipinski definition) is 0. The van der Waals surface area contributed by atoms with Gasteiger partial charge in [-0.1, -0.05) is 18.2 Å². The van der Waals surface area contributed by atoms with Crippen molar-refractivity contribution < 1.29 is 9.47 Å². The van der Waals surface area contributed by atoms with Crippen molar-refractivity contribution in [1.82, 2.24) is 0 Å². The molecule has 0 aromatic rings. The van der Waals surface area contributed by atoms with Crippen LogP contribution in [0, 0.1) is 0 Å². The average Bonchev–Trinajstić information content (AvgIpc) is 2.48. The van der Waals surface area contributed by atoms with Crippen LogP contribution in [0.5, 0.6) is 0 Å². The van der Waals surface area contributed by atoms with Crippen LogP contribution in [0.2, 0.25) is 0 Å². The van der Waals surface area contributed by atoms with Gasteiger partial charge in [-0.2, -0.15) is 0 Å². The molecule has 2 rings (SSSR count). The zero-order valence-electron chi connectivity index (χ0n) is 6.00. The molecule has 60 valence electrons. The Balaban J connectivity index is 2.28. The van der Waals surface area contributed by atoms with Crippen LogP contribution in [-0.2, 0) is 9.47 Å². The van der Waals surface area contributed by atoms with Gasteiger partial charge in [0.15, 0.2) is 0 Å². The summed E-state index contributed by atoms with van der Waals surface area (Å²) in [6, 6.07) is 0. The number of halogens is 1. The van der Waals surface area contributed by atoms with Crippen LogP contribution in [0.3, 0.4) is 0 Å². The zero-order valence-corrected chi connectivity index (χ0v) is 6.75. The van der Waals surface area contributed by atoms with Crippen LogP contribution in [0.1, 0.15) is 0 Å². The molecule has 1 fully saturated rings. The van der Waals surface area contributed by atoms with Crippen LogP contribution < -0.4 is 0 Å². The first-order valence-electron chi connectivity index (χ1n) is 3.55. The lowest BCUT2D eigenvalue weighted by atomic mass is 9.95. The van der Waals surface area contributed by atoms with Gasteiger partial charge in [-0.05, 0) is 6.08 Å². The second kappa shape index (κ2) is 2.63. The minimum Gasteiger partial charge on any atom is -0.345 e. The van der Waals surface area contributed by atoms with Gasteiger partial charge in [-0.15, -0.1) is 11.6 Å². The summed E-state index contributed by atoms with van der Waals surface area (Å²) in [5, 5.41) is 0. The number of alkyl halides is 1. The molecule has 1 aliphatic heterocycles. The van der Waals surface area contributed by atoms with Gasteiger partial charge < -0.3 is 9.47 Å². The molecule has 1 saturated heterocycles. The summed E-state index contributed by atoms with van der Waals surface area (Å²) in [7, 11) is 0. The molecule has 0 saturated carbocycles. The molecule has 2 unspecified atom stereocenters. The number of fused-ring (bicyclic) bond motifs is 1. The molecule has 0 N–H and O–H groups in total. The minimum atomic E-state index is -0.393. The quantitative estimate of drug-likeness (QED) is 0.558. The maximum absolute atomic E-state index is 5.78. The lowest BCUT2D eigenvalue weighted by Gasteiger charge is -2.26. The number of ether oxygens (including phenoxy) is 2. The summed E-state index contributed by atoms with van der Waals surface area (Å²) in [6.45, 7) is 0.339. The Labute approximate surface area is 70.4 Å². The van der Waals surface area contributed by atoms with Gasteiger partial charge in [0.05, 0.1) is 5.88 Å². The predicted octanol–water partition coefficient (Wildman–Crippen LogP) is 1.46. The Hall–Kier alpha value is -0.310. The maximum Gasteiger partial charge on any atom is 0.149 e. The molecule has 3 heteroatoms. The number of allylic oxidation sites excluding steroid dienone is 2. The smallest absolute Gasteiger partial charge is 0.149 e. The Bertz CT molecular complexity index is 212. The van der Waals surface area contributed by atoms with Crippen molar-refractivity contribution in [3.8, 4) is 0 Å². The van der Waals surface area contributed by atoms with Crippen LogP contribution in [0.25, 0.3) is 0 Å². The molecule has 0 spiro atoms. The van der Waals surface area contributed by atoms with Crippen LogP contribution >= 0.6 is 11.6 Å². The third kappa shape index (κ3) is 1.02. The van der Waals surface area contributed by atoms with E-state index in [1.54, 1.807) is 0 Å². The van der Waals surface area contributed by atoms with Crippen LogP contribution in [-0.4, -0.2) is 24.4 Å². The van der Waals surface area contributed by atoms with E-state index < -0.39 is 5.60 Å². The van der Waals surface area contributed by atoms with Crippen LogP contribution in [0.4, 0.5) is 0 Å². The average molecular weight is 173 g/mol. The van der Waals surface area contributed by atoms with E-state index in [0.717, 1.165) is 0 Å². The summed E-state index contributed by atoms with van der Waals surface area (Å²) in [5.74, 6) is 0.443. The lowest BCUT2D eigenvalue weighted by molar-refractivity contribution is 0.0265. The van der Waals surface area contributed by atoms with Crippen molar-refractivity contribution in [2.75, 3.05) is 12.7 Å². The topological polar surface area (TPSA) is 18.5 Å². The van der Waals surface area contributed by atoms with Gasteiger partial charge in [0.25, 0.3) is 0 Å². The first-order chi connectivity index (χ1) is 5.37. The molecule has 0 radical (unpaired) electrons. The van der Waals surface area contributed by atoms with Crippen molar-refractivity contribution >= 4 is 11.6 Å². The van der Waals surface area contributed by atoms with Gasteiger partial charge >= 0.3 is 0 Å². The molecule has 1 aliphatic carbocycles. The molecule has 11 heavy (non-hydrogen) atoms. The monoisotopic (exact) mass is 172 g/mol. The van der Waals surface area contributed by atoms with Gasteiger partial charge in [0, 0.05) is 0 Å². The summed E-state index contributed by atoms with van der Waals surface area (Å²) < 4.78 is 10.7. The number of rotatable bonds is 1. The van der Waals surface area contributed by atoms with Crippen LogP contribution in [0.15, 0.2) is 24.3 Å². The van der Waals surface area contributed by atoms with E-state index in [-0.39, 0.29) is 6.10 Å². The van der Waals surface area contributed by atoms with Crippen molar-refractivity contribution in [3.05, 3.63) is 24.3 Å². The molecule has 1 heterocycles. The minimum absolute atomic E-state index is 0.00463. The van der Waals surface area contributed by atoms with E-state index in [4.69, 9.17) is 21.1 Å². The molecule has 2 aliphatic rings. The first-order valence-corrected chi connectivity index (χ1v) is 4.08. The summed E-state index contributed by atoms with van der Waals surface area (Å²) in [5.41, 5.74) is -0.393. The molecule has 0 bridgehead atoms. The van der Waals surface area contributed by atoms with Crippen molar-refractivity contribution in [2.45, 2.75) is 11.7 Å². The molecule has 0 aromatic heterocycles. The van der Waals surface area contributed by atoms with Crippen molar-refractivity contribution in [2.24, 2.45) is 0 Å². The molecule has 0 amide bonds. The van der Waals surface area contributed by atoms with E-state index in [1.807, 2.05) is 24.3 Å². The van der Waals surface area contributed by atoms with Crippen molar-refractivity contribution in [1.29, 1.82) is 0 Å². The fourth-order valence-corrected chi connectivity index (χ4v) is 1.66. The molecular formula is C8H9ClO2. The fraction of sp³-hybridized carbons (Fsp3) is 0.500. The van der Waals surface area contributed by atoms with Crippen molar-refractivity contribution in [3.63, 3.8) is 0 Å². The van der Waals surface area contributed by atoms with E-state index in [9.17, 15) is 0 Å². The Morgan fingerprint density at radius 1 is 1.55 bits per heavy atom. The number of hydrogen-bond acceptors (Lipinski definition) is 2. The standard InChI is InChI=1S/C8H9ClO2/c9-5-8-4-2-1-3-7(8)10-6-11-8/h1-4,7H,5-6H2. The van der Waals surface area contributed by atoms with Gasteiger partial charge in [-0.3, -0.25) is 0 Å². The highest BCUT2D eigenvalue weighted by Gasteiger charge is 2.42. The predicted molar refractivity (Wildman–Crippen MR) is 42.6 cm³/mol. The second-order valence-corrected chi connectivity index (χ2v) is 2.95. The summed E-state index contributed by atoms with van der Waals surface area (Å²) in [6.07, 6.45) is 7.81. The third-order valence-electron chi connectivity index (χ3n) is 2.04. The highest BCUT2D eigenvalue weighted by Crippen LogP contribution is 2.31. The molecule has 2 atom stereocenters. The third-order valence-corrected chi connectivity index (χ3v) is 2.46. The molecule has 0 aromatic carbocycles. The fourth-order valence-electron chi connectivity index (χ4n) is 1.34. The highest BCUT2D eigenvalue weighted by atomic mass is 35.5. The van der Waals surface area contributed by atoms with Gasteiger partial charge in [0.1, 0.15) is 18.5 Å². The lowest BCUT2D eigenvalue weighted by Crippen LogP contribution is -2.39. The maximum atomic E-state index is 5.78. The van der Waals surface area contributed by atoms with E-state index >= 15 is 0 Å². The Morgan fingerprint density at radius 3 is 3.18 bits per heavy atom. The largest absolute Gasteiger partial charge is 0.345 e. The summed E-state index contributed by atoms with van der Waals surface area (Å²) >= 11 is 5.78. The second-order valence-electron chi connectivity index (χ2n) is 2.68. The van der Waals surface area contributed by atoms with Gasteiger partial charge in [0.2, 0.25) is 0 Å². The summed E-state index contributed by atoms with van der Waals surface area (Å²) in [4.78, 5) is 0. The normalized spacial score (nSPS) is 41.0. The van der Waals surface area contributed by atoms with Gasteiger partial charge in [-0.25, -0.2) is 0 Å². The van der Waals surface area contributed by atoms with E-state index in [0.29, 0.717) is 12.7 Å². The van der Waals surface area contributed by atoms with E-state index in [1.165, 1.54) is 0 Å². The Kier molecular flexibility index (Phi) is 1.75.